The summed E-state index contributed by atoms with van der Waals surface area (Å²) in [4.78, 5) is 14.7. The fourth-order valence-electron chi connectivity index (χ4n) is 3.09. The number of nitrogens with zero attached hydrogens (tertiary/aromatic N) is 1. The Morgan fingerprint density at radius 1 is 1.12 bits per heavy atom. The fourth-order valence-corrected chi connectivity index (χ4v) is 3.09. The van der Waals surface area contributed by atoms with Crippen LogP contribution < -0.4 is 10.1 Å². The van der Waals surface area contributed by atoms with E-state index in [0.717, 1.165) is 28.1 Å². The molecule has 0 bridgehead atoms. The highest BCUT2D eigenvalue weighted by Gasteiger charge is 2.19. The van der Waals surface area contributed by atoms with Gasteiger partial charge in [-0.3, -0.25) is 9.69 Å². The summed E-state index contributed by atoms with van der Waals surface area (Å²) >= 11 is 0. The zero-order valence-electron chi connectivity index (χ0n) is 16.7. The van der Waals surface area contributed by atoms with Crippen molar-refractivity contribution in [3.05, 3.63) is 58.7 Å². The van der Waals surface area contributed by atoms with Crippen molar-refractivity contribution in [1.82, 2.24) is 4.90 Å². The summed E-state index contributed by atoms with van der Waals surface area (Å²) in [6.07, 6.45) is 0. The summed E-state index contributed by atoms with van der Waals surface area (Å²) in [6.45, 7) is 11.4. The molecule has 0 aliphatic carbocycles. The van der Waals surface area contributed by atoms with Crippen molar-refractivity contribution in [2.24, 2.45) is 0 Å². The van der Waals surface area contributed by atoms with E-state index in [1.165, 1.54) is 5.56 Å². The van der Waals surface area contributed by atoms with E-state index in [2.05, 4.69) is 24.4 Å². The van der Waals surface area contributed by atoms with Crippen LogP contribution in [0.25, 0.3) is 0 Å². The van der Waals surface area contributed by atoms with Crippen LogP contribution >= 0.6 is 0 Å². The second-order valence-corrected chi connectivity index (χ2v) is 6.93. The minimum Gasteiger partial charge on any atom is -0.494 e. The van der Waals surface area contributed by atoms with Gasteiger partial charge in [-0.25, -0.2) is 0 Å². The van der Waals surface area contributed by atoms with Gasteiger partial charge in [0.2, 0.25) is 5.91 Å². The van der Waals surface area contributed by atoms with Crippen molar-refractivity contribution in [2.75, 3.05) is 19.0 Å². The van der Waals surface area contributed by atoms with E-state index in [4.69, 9.17) is 4.74 Å². The Kier molecular flexibility index (Phi) is 6.81. The van der Waals surface area contributed by atoms with Crippen molar-refractivity contribution >= 4 is 11.6 Å². The van der Waals surface area contributed by atoms with Gasteiger partial charge in [-0.1, -0.05) is 29.8 Å². The van der Waals surface area contributed by atoms with Crippen LogP contribution in [-0.4, -0.2) is 30.5 Å². The highest BCUT2D eigenvalue weighted by molar-refractivity contribution is 5.95. The molecule has 2 aromatic rings. The molecule has 1 amide bonds. The summed E-state index contributed by atoms with van der Waals surface area (Å²) < 4.78 is 5.47. The van der Waals surface area contributed by atoms with Crippen molar-refractivity contribution in [3.8, 4) is 5.75 Å². The standard InChI is InChI=1S/C22H30N2O2/c1-7-26-20-10-8-19(9-11-20)14-24(6)18(5)22(25)23-21-16(3)12-15(2)13-17(21)4/h8-13,18H,7,14H2,1-6H3,(H,23,25)/t18-/m0/s1. The number of likely N-dealkylation sites (N-methyl/N-ethyl adjacent to an activating group) is 1. The van der Waals surface area contributed by atoms with Crippen molar-refractivity contribution < 1.29 is 9.53 Å². The molecule has 4 heteroatoms. The van der Waals surface area contributed by atoms with E-state index in [1.54, 1.807) is 0 Å². The van der Waals surface area contributed by atoms with Crippen LogP contribution in [0.1, 0.15) is 36.1 Å². The molecular formula is C22H30N2O2. The summed E-state index contributed by atoms with van der Waals surface area (Å²) in [5, 5.41) is 3.10. The number of rotatable bonds is 7. The molecule has 0 aliphatic rings. The Morgan fingerprint density at radius 2 is 1.69 bits per heavy atom. The van der Waals surface area contributed by atoms with E-state index < -0.39 is 0 Å². The lowest BCUT2D eigenvalue weighted by Gasteiger charge is -2.25. The molecular weight excluding hydrogens is 324 g/mol. The van der Waals surface area contributed by atoms with E-state index in [9.17, 15) is 4.79 Å². The Morgan fingerprint density at radius 3 is 2.23 bits per heavy atom. The third kappa shape index (κ3) is 5.09. The number of benzene rings is 2. The average molecular weight is 354 g/mol. The second-order valence-electron chi connectivity index (χ2n) is 6.93. The summed E-state index contributed by atoms with van der Waals surface area (Å²) in [5.74, 6) is 0.878. The number of anilines is 1. The summed E-state index contributed by atoms with van der Waals surface area (Å²) in [5.41, 5.74) is 5.47. The molecule has 2 aromatic carbocycles. The number of hydrogen-bond acceptors (Lipinski definition) is 3. The van der Waals surface area contributed by atoms with Gasteiger partial charge in [0.1, 0.15) is 5.75 Å². The van der Waals surface area contributed by atoms with E-state index in [-0.39, 0.29) is 11.9 Å². The number of hydrogen-bond donors (Lipinski definition) is 1. The van der Waals surface area contributed by atoms with Crippen molar-refractivity contribution in [1.29, 1.82) is 0 Å². The van der Waals surface area contributed by atoms with Crippen molar-refractivity contribution in [2.45, 2.75) is 47.2 Å². The minimum absolute atomic E-state index is 0.00786. The monoisotopic (exact) mass is 354 g/mol. The molecule has 0 saturated heterocycles. The van der Waals surface area contributed by atoms with Gasteiger partial charge in [0, 0.05) is 12.2 Å². The second kappa shape index (κ2) is 8.86. The maximum atomic E-state index is 12.7. The van der Waals surface area contributed by atoms with Gasteiger partial charge in [0.25, 0.3) is 0 Å². The predicted octanol–water partition coefficient (Wildman–Crippen LogP) is 4.47. The van der Waals surface area contributed by atoms with E-state index in [0.29, 0.717) is 13.2 Å². The number of ether oxygens (including phenoxy) is 1. The molecule has 0 radical (unpaired) electrons. The lowest BCUT2D eigenvalue weighted by atomic mass is 10.0. The Labute approximate surface area is 157 Å². The first-order valence-electron chi connectivity index (χ1n) is 9.12. The highest BCUT2D eigenvalue weighted by atomic mass is 16.5. The Hall–Kier alpha value is -2.33. The van der Waals surface area contributed by atoms with Crippen LogP contribution in [0, 0.1) is 20.8 Å². The first-order valence-corrected chi connectivity index (χ1v) is 9.12. The van der Waals surface area contributed by atoms with E-state index >= 15 is 0 Å². The van der Waals surface area contributed by atoms with Gasteiger partial charge >= 0.3 is 0 Å². The molecule has 140 valence electrons. The molecule has 1 N–H and O–H groups in total. The molecule has 1 atom stereocenters. The molecule has 0 unspecified atom stereocenters. The van der Waals surface area contributed by atoms with Crippen LogP contribution in [0.4, 0.5) is 5.69 Å². The maximum absolute atomic E-state index is 12.7. The Bertz CT molecular complexity index is 730. The predicted molar refractivity (Wildman–Crippen MR) is 108 cm³/mol. The molecule has 0 aliphatic heterocycles. The summed E-state index contributed by atoms with van der Waals surface area (Å²) in [7, 11) is 1.97. The van der Waals surface area contributed by atoms with Crippen LogP contribution in [0.3, 0.4) is 0 Å². The SMILES string of the molecule is CCOc1ccc(CN(C)[C@@H](C)C(=O)Nc2c(C)cc(C)cc2C)cc1. The van der Waals surface area contributed by atoms with Gasteiger partial charge in [0.05, 0.1) is 12.6 Å². The van der Waals surface area contributed by atoms with Crippen LogP contribution in [0.2, 0.25) is 0 Å². The van der Waals surface area contributed by atoms with Crippen LogP contribution in [-0.2, 0) is 11.3 Å². The fraction of sp³-hybridized carbons (Fsp3) is 0.409. The van der Waals surface area contributed by atoms with Gasteiger partial charge in [0.15, 0.2) is 0 Å². The molecule has 26 heavy (non-hydrogen) atoms. The number of carbonyl (C=O) groups excluding carboxylic acids is 1. The third-order valence-electron chi connectivity index (χ3n) is 4.63. The normalized spacial score (nSPS) is 12.1. The van der Waals surface area contributed by atoms with E-state index in [1.807, 2.05) is 63.9 Å². The quantitative estimate of drug-likeness (QED) is 0.798. The maximum Gasteiger partial charge on any atom is 0.241 e. The average Bonchev–Trinajstić information content (AvgIpc) is 2.59. The summed E-state index contributed by atoms with van der Waals surface area (Å²) in [6, 6.07) is 12.0. The number of nitrogens with one attached hydrogen (secondary N) is 1. The molecule has 2 rings (SSSR count). The smallest absolute Gasteiger partial charge is 0.241 e. The van der Waals surface area contributed by atoms with Gasteiger partial charge < -0.3 is 10.1 Å². The molecule has 0 saturated carbocycles. The molecule has 0 fully saturated rings. The third-order valence-corrected chi connectivity index (χ3v) is 4.63. The van der Waals surface area contributed by atoms with Crippen molar-refractivity contribution in [3.63, 3.8) is 0 Å². The van der Waals surface area contributed by atoms with Gasteiger partial charge in [-0.2, -0.15) is 0 Å². The Balaban J connectivity index is 2.01. The largest absolute Gasteiger partial charge is 0.494 e. The lowest BCUT2D eigenvalue weighted by molar-refractivity contribution is -0.120. The molecule has 0 heterocycles. The highest BCUT2D eigenvalue weighted by Crippen LogP contribution is 2.22. The number of aryl methyl sites for hydroxylation is 3. The zero-order chi connectivity index (χ0) is 19.3. The molecule has 0 spiro atoms. The first-order chi connectivity index (χ1) is 12.3. The van der Waals surface area contributed by atoms with Gasteiger partial charge in [-0.15, -0.1) is 0 Å². The van der Waals surface area contributed by atoms with Gasteiger partial charge in [-0.05, 0) is 70.5 Å². The minimum atomic E-state index is -0.235. The number of amides is 1. The first kappa shape index (κ1) is 20.0. The van der Waals surface area contributed by atoms with Crippen LogP contribution in [0.5, 0.6) is 5.75 Å². The zero-order valence-corrected chi connectivity index (χ0v) is 16.7. The topological polar surface area (TPSA) is 41.6 Å². The number of carbonyl (C=O) groups is 1. The molecule has 4 nitrogen and oxygen atoms in total. The lowest BCUT2D eigenvalue weighted by Crippen LogP contribution is -2.39. The van der Waals surface area contributed by atoms with Crippen LogP contribution in [0.15, 0.2) is 36.4 Å². The molecule has 0 aromatic heterocycles.